The number of nitrogens with zero attached hydrogens (tertiary/aromatic N) is 1. The Labute approximate surface area is 125 Å². The standard InChI is InChI=1S/C17H21N3O/c1-3-18-16-12-15(9-10-19-16)17(21)20-13(2)11-14-7-5-4-6-8-14/h4-10,12-13H,3,11H2,1-2H3,(H,18,19)(H,20,21). The highest BCUT2D eigenvalue weighted by atomic mass is 16.1. The molecule has 0 aliphatic heterocycles. The summed E-state index contributed by atoms with van der Waals surface area (Å²) in [6.45, 7) is 4.79. The first-order valence-electron chi connectivity index (χ1n) is 7.23. The van der Waals surface area contributed by atoms with Gasteiger partial charge in [-0.2, -0.15) is 0 Å². The lowest BCUT2D eigenvalue weighted by Gasteiger charge is -2.14. The largest absolute Gasteiger partial charge is 0.370 e. The molecule has 0 aliphatic carbocycles. The Balaban J connectivity index is 1.96. The van der Waals surface area contributed by atoms with Gasteiger partial charge in [-0.25, -0.2) is 4.98 Å². The molecule has 110 valence electrons. The highest BCUT2D eigenvalue weighted by Crippen LogP contribution is 2.08. The Morgan fingerprint density at radius 1 is 1.24 bits per heavy atom. The van der Waals surface area contributed by atoms with Crippen LogP contribution in [0.15, 0.2) is 48.7 Å². The van der Waals surface area contributed by atoms with Gasteiger partial charge in [0.1, 0.15) is 5.82 Å². The van der Waals surface area contributed by atoms with Crippen molar-refractivity contribution in [3.63, 3.8) is 0 Å². The van der Waals surface area contributed by atoms with Gasteiger partial charge in [0.25, 0.3) is 5.91 Å². The number of nitrogens with one attached hydrogen (secondary N) is 2. The normalized spacial score (nSPS) is 11.7. The van der Waals surface area contributed by atoms with Crippen molar-refractivity contribution in [1.82, 2.24) is 10.3 Å². The van der Waals surface area contributed by atoms with Crippen molar-refractivity contribution >= 4 is 11.7 Å². The predicted octanol–water partition coefficient (Wildman–Crippen LogP) is 2.87. The van der Waals surface area contributed by atoms with Crippen LogP contribution in [0.1, 0.15) is 29.8 Å². The summed E-state index contributed by atoms with van der Waals surface area (Å²) >= 11 is 0. The number of hydrogen-bond donors (Lipinski definition) is 2. The number of carbonyl (C=O) groups is 1. The molecule has 21 heavy (non-hydrogen) atoms. The highest BCUT2D eigenvalue weighted by Gasteiger charge is 2.11. The number of pyridine rings is 1. The fourth-order valence-electron chi connectivity index (χ4n) is 2.18. The van der Waals surface area contributed by atoms with E-state index in [1.165, 1.54) is 5.56 Å². The van der Waals surface area contributed by atoms with Crippen molar-refractivity contribution in [2.75, 3.05) is 11.9 Å². The van der Waals surface area contributed by atoms with E-state index in [0.29, 0.717) is 5.56 Å². The minimum atomic E-state index is -0.0695. The summed E-state index contributed by atoms with van der Waals surface area (Å²) in [4.78, 5) is 16.4. The fraction of sp³-hybridized carbons (Fsp3) is 0.294. The third-order valence-corrected chi connectivity index (χ3v) is 3.14. The highest BCUT2D eigenvalue weighted by molar-refractivity contribution is 5.94. The van der Waals surface area contributed by atoms with Crippen LogP contribution in [0.4, 0.5) is 5.82 Å². The van der Waals surface area contributed by atoms with Gasteiger partial charge in [0.05, 0.1) is 0 Å². The first kappa shape index (κ1) is 15.0. The van der Waals surface area contributed by atoms with Gasteiger partial charge >= 0.3 is 0 Å². The molecule has 1 atom stereocenters. The van der Waals surface area contributed by atoms with Crippen LogP contribution in [-0.2, 0) is 6.42 Å². The van der Waals surface area contributed by atoms with Crippen LogP contribution < -0.4 is 10.6 Å². The number of aromatic nitrogens is 1. The molecule has 1 amide bonds. The maximum Gasteiger partial charge on any atom is 0.251 e. The van der Waals surface area contributed by atoms with E-state index in [0.717, 1.165) is 18.8 Å². The lowest BCUT2D eigenvalue weighted by Crippen LogP contribution is -2.34. The van der Waals surface area contributed by atoms with Gasteiger partial charge in [-0.3, -0.25) is 4.79 Å². The van der Waals surface area contributed by atoms with Gasteiger partial charge in [0.15, 0.2) is 0 Å². The molecule has 0 bridgehead atoms. The maximum atomic E-state index is 12.2. The minimum Gasteiger partial charge on any atom is -0.370 e. The molecule has 0 saturated carbocycles. The Morgan fingerprint density at radius 2 is 2.00 bits per heavy atom. The molecule has 2 N–H and O–H groups in total. The van der Waals surface area contributed by atoms with Crippen molar-refractivity contribution < 1.29 is 4.79 Å². The molecule has 0 fully saturated rings. The first-order chi connectivity index (χ1) is 10.2. The van der Waals surface area contributed by atoms with E-state index < -0.39 is 0 Å². The number of rotatable bonds is 6. The van der Waals surface area contributed by atoms with Crippen LogP contribution in [0.25, 0.3) is 0 Å². The molecule has 1 aromatic carbocycles. The van der Waals surface area contributed by atoms with Gasteiger partial charge in [0.2, 0.25) is 0 Å². The molecule has 0 spiro atoms. The van der Waals surface area contributed by atoms with E-state index >= 15 is 0 Å². The number of amides is 1. The topological polar surface area (TPSA) is 54.0 Å². The second kappa shape index (κ2) is 7.43. The molecule has 4 nitrogen and oxygen atoms in total. The van der Waals surface area contributed by atoms with Crippen LogP contribution in [0.5, 0.6) is 0 Å². The zero-order chi connectivity index (χ0) is 15.1. The fourth-order valence-corrected chi connectivity index (χ4v) is 2.18. The summed E-state index contributed by atoms with van der Waals surface area (Å²) in [7, 11) is 0. The quantitative estimate of drug-likeness (QED) is 0.857. The first-order valence-corrected chi connectivity index (χ1v) is 7.23. The Bertz CT molecular complexity index is 584. The van der Waals surface area contributed by atoms with Crippen LogP contribution >= 0.6 is 0 Å². The SMILES string of the molecule is CCNc1cc(C(=O)NC(C)Cc2ccccc2)ccn1. The van der Waals surface area contributed by atoms with E-state index in [4.69, 9.17) is 0 Å². The molecule has 0 radical (unpaired) electrons. The van der Waals surface area contributed by atoms with Gasteiger partial charge < -0.3 is 10.6 Å². The van der Waals surface area contributed by atoms with Crippen molar-refractivity contribution in [1.29, 1.82) is 0 Å². The summed E-state index contributed by atoms with van der Waals surface area (Å²) in [5.41, 5.74) is 1.84. The van der Waals surface area contributed by atoms with Crippen molar-refractivity contribution in [3.8, 4) is 0 Å². The van der Waals surface area contributed by atoms with Gasteiger partial charge in [-0.15, -0.1) is 0 Å². The van der Waals surface area contributed by atoms with Crippen LogP contribution in [0.2, 0.25) is 0 Å². The van der Waals surface area contributed by atoms with E-state index in [1.807, 2.05) is 32.0 Å². The van der Waals surface area contributed by atoms with Crippen molar-refractivity contribution in [2.45, 2.75) is 26.3 Å². The second-order valence-corrected chi connectivity index (χ2v) is 5.02. The minimum absolute atomic E-state index is 0.0695. The molecule has 1 heterocycles. The molecule has 1 unspecified atom stereocenters. The lowest BCUT2D eigenvalue weighted by atomic mass is 10.1. The zero-order valence-electron chi connectivity index (χ0n) is 12.5. The predicted molar refractivity (Wildman–Crippen MR) is 85.5 cm³/mol. The summed E-state index contributed by atoms with van der Waals surface area (Å²) in [5, 5.41) is 6.12. The van der Waals surface area contributed by atoms with Crippen molar-refractivity contribution in [3.05, 3.63) is 59.8 Å². The molecule has 0 saturated heterocycles. The number of benzene rings is 1. The van der Waals surface area contributed by atoms with Gasteiger partial charge in [0, 0.05) is 24.3 Å². The van der Waals surface area contributed by atoms with Crippen LogP contribution in [0, 0.1) is 0 Å². The molecule has 2 rings (SSSR count). The third kappa shape index (κ3) is 4.60. The Morgan fingerprint density at radius 3 is 2.71 bits per heavy atom. The van der Waals surface area contributed by atoms with Gasteiger partial charge in [-0.05, 0) is 38.0 Å². The maximum absolute atomic E-state index is 12.2. The summed E-state index contributed by atoms with van der Waals surface area (Å²) in [6.07, 6.45) is 2.46. The van der Waals surface area contributed by atoms with E-state index in [1.54, 1.807) is 18.3 Å². The number of carbonyl (C=O) groups excluding carboxylic acids is 1. The monoisotopic (exact) mass is 283 g/mol. The second-order valence-electron chi connectivity index (χ2n) is 5.02. The summed E-state index contributed by atoms with van der Waals surface area (Å²) < 4.78 is 0. The van der Waals surface area contributed by atoms with E-state index in [9.17, 15) is 4.79 Å². The molecule has 1 aromatic heterocycles. The molecular weight excluding hydrogens is 262 g/mol. The Kier molecular flexibility index (Phi) is 5.32. The molecular formula is C17H21N3O. The van der Waals surface area contributed by atoms with Crippen LogP contribution in [0.3, 0.4) is 0 Å². The lowest BCUT2D eigenvalue weighted by molar-refractivity contribution is 0.0940. The molecule has 4 heteroatoms. The molecule has 2 aromatic rings. The van der Waals surface area contributed by atoms with E-state index in [-0.39, 0.29) is 11.9 Å². The summed E-state index contributed by atoms with van der Waals surface area (Å²) in [6, 6.07) is 13.7. The number of hydrogen-bond acceptors (Lipinski definition) is 3. The number of anilines is 1. The van der Waals surface area contributed by atoms with Crippen LogP contribution in [-0.4, -0.2) is 23.5 Å². The average Bonchev–Trinajstić information content (AvgIpc) is 2.48. The van der Waals surface area contributed by atoms with Gasteiger partial charge in [-0.1, -0.05) is 30.3 Å². The summed E-state index contributed by atoms with van der Waals surface area (Å²) in [5.74, 6) is 0.654. The molecule has 0 aliphatic rings. The van der Waals surface area contributed by atoms with E-state index in [2.05, 4.69) is 27.8 Å². The average molecular weight is 283 g/mol. The smallest absolute Gasteiger partial charge is 0.251 e. The Hall–Kier alpha value is -2.36. The third-order valence-electron chi connectivity index (χ3n) is 3.14. The van der Waals surface area contributed by atoms with Crippen molar-refractivity contribution in [2.24, 2.45) is 0 Å². The zero-order valence-corrected chi connectivity index (χ0v) is 12.5.